The molecule has 1 aromatic carbocycles. The first-order chi connectivity index (χ1) is 10.7. The van der Waals surface area contributed by atoms with Crippen molar-refractivity contribution in [2.45, 2.75) is 18.0 Å². The van der Waals surface area contributed by atoms with Crippen molar-refractivity contribution in [3.63, 3.8) is 0 Å². The number of hydrogen-bond donors (Lipinski definition) is 0. The van der Waals surface area contributed by atoms with Crippen LogP contribution in [-0.4, -0.2) is 51.8 Å². The van der Waals surface area contributed by atoms with Crippen molar-refractivity contribution in [2.75, 3.05) is 32.4 Å². The Morgan fingerprint density at radius 1 is 1.00 bits per heavy atom. The number of hydrogen-bond acceptors (Lipinski definition) is 4. The quantitative estimate of drug-likeness (QED) is 0.791. The van der Waals surface area contributed by atoms with Gasteiger partial charge in [0.25, 0.3) is 0 Å². The van der Waals surface area contributed by atoms with Crippen molar-refractivity contribution in [3.8, 4) is 0 Å². The largest absolute Gasteiger partial charge is 0.337 e. The summed E-state index contributed by atoms with van der Waals surface area (Å²) in [6, 6.07) is 8.95. The third-order valence-corrected chi connectivity index (χ3v) is 5.06. The molecule has 0 atom stereocenters. The number of aryl methyl sites for hydroxylation is 1. The van der Waals surface area contributed by atoms with Gasteiger partial charge in [-0.25, -0.2) is 4.98 Å². The van der Waals surface area contributed by atoms with Crippen molar-refractivity contribution in [1.29, 1.82) is 0 Å². The molecule has 4 nitrogen and oxygen atoms in total. The van der Waals surface area contributed by atoms with Gasteiger partial charge in [-0.3, -0.25) is 9.80 Å². The van der Waals surface area contributed by atoms with Crippen molar-refractivity contribution in [1.82, 2.24) is 19.4 Å². The average molecular weight is 316 g/mol. The van der Waals surface area contributed by atoms with Crippen LogP contribution < -0.4 is 0 Å². The van der Waals surface area contributed by atoms with Crippen LogP contribution in [0.25, 0.3) is 0 Å². The lowest BCUT2D eigenvalue weighted by Crippen LogP contribution is -2.45. The summed E-state index contributed by atoms with van der Waals surface area (Å²) in [5.74, 6) is 1.15. The molecule has 1 saturated heterocycles. The van der Waals surface area contributed by atoms with Crippen molar-refractivity contribution < 1.29 is 0 Å². The maximum absolute atomic E-state index is 4.42. The van der Waals surface area contributed by atoms with Gasteiger partial charge in [-0.2, -0.15) is 0 Å². The molecule has 1 fully saturated rings. The SMILES string of the molecule is CSc1ccc(CN2CCN(Cc3nccn3C)CC2)cc1. The van der Waals surface area contributed by atoms with E-state index < -0.39 is 0 Å². The van der Waals surface area contributed by atoms with Gasteiger partial charge in [0.05, 0.1) is 6.54 Å². The van der Waals surface area contributed by atoms with Gasteiger partial charge < -0.3 is 4.57 Å². The number of nitrogens with zero attached hydrogens (tertiary/aromatic N) is 4. The number of rotatable bonds is 5. The van der Waals surface area contributed by atoms with Crippen LogP contribution in [0.5, 0.6) is 0 Å². The lowest BCUT2D eigenvalue weighted by Gasteiger charge is -2.34. The maximum atomic E-state index is 4.42. The summed E-state index contributed by atoms with van der Waals surface area (Å²) in [5, 5.41) is 0. The minimum absolute atomic E-state index is 0.958. The highest BCUT2D eigenvalue weighted by molar-refractivity contribution is 7.98. The Balaban J connectivity index is 1.48. The molecule has 0 saturated carbocycles. The van der Waals surface area contributed by atoms with Gasteiger partial charge in [0, 0.05) is 57.1 Å². The molecule has 2 heterocycles. The molecule has 118 valence electrons. The van der Waals surface area contributed by atoms with Crippen LogP contribution >= 0.6 is 11.8 Å². The summed E-state index contributed by atoms with van der Waals surface area (Å²) in [5.41, 5.74) is 1.41. The Morgan fingerprint density at radius 2 is 1.64 bits per heavy atom. The van der Waals surface area contributed by atoms with Gasteiger partial charge in [0.2, 0.25) is 0 Å². The summed E-state index contributed by atoms with van der Waals surface area (Å²) < 4.78 is 2.11. The molecule has 3 rings (SSSR count). The van der Waals surface area contributed by atoms with Crippen LogP contribution in [0.15, 0.2) is 41.6 Å². The fraction of sp³-hybridized carbons (Fsp3) is 0.471. The van der Waals surface area contributed by atoms with Gasteiger partial charge in [-0.1, -0.05) is 12.1 Å². The molecule has 0 spiro atoms. The second-order valence-electron chi connectivity index (χ2n) is 5.85. The smallest absolute Gasteiger partial charge is 0.122 e. The van der Waals surface area contributed by atoms with Crippen LogP contribution in [0.1, 0.15) is 11.4 Å². The Labute approximate surface area is 137 Å². The maximum Gasteiger partial charge on any atom is 0.122 e. The Bertz CT molecular complexity index is 585. The monoisotopic (exact) mass is 316 g/mol. The molecule has 5 heteroatoms. The summed E-state index contributed by atoms with van der Waals surface area (Å²) >= 11 is 1.80. The van der Waals surface area contributed by atoms with Crippen LogP contribution in [0.2, 0.25) is 0 Å². The fourth-order valence-corrected chi connectivity index (χ4v) is 3.25. The van der Waals surface area contributed by atoms with E-state index in [0.717, 1.165) is 45.1 Å². The van der Waals surface area contributed by atoms with Gasteiger partial charge in [-0.05, 0) is 24.0 Å². The first-order valence-corrected chi connectivity index (χ1v) is 9.01. The number of piperazine rings is 1. The molecular formula is C17H24N4S. The number of imidazole rings is 1. The van der Waals surface area contributed by atoms with E-state index in [2.05, 4.69) is 56.9 Å². The molecule has 1 aliphatic rings. The van der Waals surface area contributed by atoms with Crippen LogP contribution in [0.4, 0.5) is 0 Å². The molecule has 0 aliphatic carbocycles. The Kier molecular flexibility index (Phi) is 5.18. The van der Waals surface area contributed by atoms with E-state index in [1.54, 1.807) is 11.8 Å². The number of benzene rings is 1. The van der Waals surface area contributed by atoms with Gasteiger partial charge in [0.15, 0.2) is 0 Å². The first kappa shape index (κ1) is 15.6. The van der Waals surface area contributed by atoms with E-state index in [9.17, 15) is 0 Å². The summed E-state index contributed by atoms with van der Waals surface area (Å²) in [4.78, 5) is 10.8. The van der Waals surface area contributed by atoms with E-state index in [1.165, 1.54) is 10.5 Å². The van der Waals surface area contributed by atoms with E-state index in [0.29, 0.717) is 0 Å². The summed E-state index contributed by atoms with van der Waals surface area (Å²) in [6.07, 6.45) is 6.02. The minimum atomic E-state index is 0.958. The normalized spacial score (nSPS) is 17.0. The van der Waals surface area contributed by atoms with Crippen LogP contribution in [-0.2, 0) is 20.1 Å². The second-order valence-corrected chi connectivity index (χ2v) is 6.73. The second kappa shape index (κ2) is 7.31. The minimum Gasteiger partial charge on any atom is -0.337 e. The van der Waals surface area contributed by atoms with Crippen molar-refractivity contribution >= 4 is 11.8 Å². The van der Waals surface area contributed by atoms with E-state index in [-0.39, 0.29) is 0 Å². The average Bonchev–Trinajstić information content (AvgIpc) is 2.95. The molecule has 0 N–H and O–H groups in total. The zero-order valence-corrected chi connectivity index (χ0v) is 14.2. The predicted octanol–water partition coefficient (Wildman–Crippen LogP) is 2.46. The highest BCUT2D eigenvalue weighted by Crippen LogP contribution is 2.16. The van der Waals surface area contributed by atoms with Gasteiger partial charge in [0.1, 0.15) is 5.82 Å². The zero-order chi connectivity index (χ0) is 15.4. The van der Waals surface area contributed by atoms with Gasteiger partial charge in [-0.15, -0.1) is 11.8 Å². The molecule has 1 aliphatic heterocycles. The van der Waals surface area contributed by atoms with Crippen molar-refractivity contribution in [3.05, 3.63) is 48.0 Å². The van der Waals surface area contributed by atoms with Crippen LogP contribution in [0.3, 0.4) is 0 Å². The molecule has 0 bridgehead atoms. The lowest BCUT2D eigenvalue weighted by molar-refractivity contribution is 0.119. The Hall–Kier alpha value is -1.30. The highest BCUT2D eigenvalue weighted by atomic mass is 32.2. The molecule has 1 aromatic heterocycles. The van der Waals surface area contributed by atoms with Gasteiger partial charge >= 0.3 is 0 Å². The highest BCUT2D eigenvalue weighted by Gasteiger charge is 2.18. The molecule has 0 amide bonds. The molecule has 0 unspecified atom stereocenters. The van der Waals surface area contributed by atoms with E-state index in [4.69, 9.17) is 0 Å². The third-order valence-electron chi connectivity index (χ3n) is 4.32. The first-order valence-electron chi connectivity index (χ1n) is 7.78. The number of aromatic nitrogens is 2. The van der Waals surface area contributed by atoms with Crippen LogP contribution in [0, 0.1) is 0 Å². The van der Waals surface area contributed by atoms with E-state index in [1.807, 2.05) is 12.4 Å². The molecular weight excluding hydrogens is 292 g/mol. The molecule has 2 aromatic rings. The summed E-state index contributed by atoms with van der Waals surface area (Å²) in [6.45, 7) is 6.53. The predicted molar refractivity (Wildman–Crippen MR) is 92.0 cm³/mol. The standard InChI is InChI=1S/C17H24N4S/c1-19-8-7-18-17(19)14-21-11-9-20(10-12-21)13-15-3-5-16(22-2)6-4-15/h3-8H,9-14H2,1-2H3. The Morgan fingerprint density at radius 3 is 2.18 bits per heavy atom. The third kappa shape index (κ3) is 3.91. The number of thioether (sulfide) groups is 1. The molecule has 22 heavy (non-hydrogen) atoms. The van der Waals surface area contributed by atoms with Crippen molar-refractivity contribution in [2.24, 2.45) is 7.05 Å². The molecule has 0 radical (unpaired) electrons. The lowest BCUT2D eigenvalue weighted by atomic mass is 10.2. The zero-order valence-electron chi connectivity index (χ0n) is 13.4. The topological polar surface area (TPSA) is 24.3 Å². The summed E-state index contributed by atoms with van der Waals surface area (Å²) in [7, 11) is 2.07. The fourth-order valence-electron chi connectivity index (χ4n) is 2.84. The van der Waals surface area contributed by atoms with E-state index >= 15 is 0 Å².